The Balaban J connectivity index is 2.44. The molecule has 10 nitrogen and oxygen atoms in total. The Labute approximate surface area is 257 Å². The van der Waals surface area contributed by atoms with Crippen molar-refractivity contribution in [3.63, 3.8) is 0 Å². The number of amides is 2. The third-order valence-electron chi connectivity index (χ3n) is 7.30. The van der Waals surface area contributed by atoms with E-state index in [1.54, 1.807) is 24.3 Å². The molecule has 0 aromatic heterocycles. The van der Waals surface area contributed by atoms with E-state index in [1.165, 1.54) is 11.4 Å². The monoisotopic (exact) mass is 619 g/mol. The van der Waals surface area contributed by atoms with E-state index in [0.29, 0.717) is 37.2 Å². The van der Waals surface area contributed by atoms with Crippen LogP contribution in [0.1, 0.15) is 83.5 Å². The summed E-state index contributed by atoms with van der Waals surface area (Å²) in [6.07, 6.45) is -2.16. The van der Waals surface area contributed by atoms with Crippen LogP contribution in [0.15, 0.2) is 54.6 Å². The summed E-state index contributed by atoms with van der Waals surface area (Å²) in [7, 11) is -2.13. The van der Waals surface area contributed by atoms with Crippen molar-refractivity contribution in [3.8, 4) is 5.75 Å². The number of carbonyl (C=O) groups excluding carboxylic acids is 2. The molecule has 4 N–H and O–H groups in total. The normalized spacial score (nSPS) is 14.9. The van der Waals surface area contributed by atoms with Crippen LogP contribution in [0.2, 0.25) is 0 Å². The Kier molecular flexibility index (Phi) is 13.9. The number of hydrogen-bond donors (Lipinski definition) is 3. The van der Waals surface area contributed by atoms with Gasteiger partial charge in [-0.1, -0.05) is 77.1 Å². The first kappa shape index (κ1) is 36.0. The summed E-state index contributed by atoms with van der Waals surface area (Å²) >= 11 is 0. The van der Waals surface area contributed by atoms with Gasteiger partial charge in [0.25, 0.3) is 0 Å². The first-order valence-corrected chi connectivity index (χ1v) is 16.4. The maximum atomic E-state index is 13.4. The fraction of sp³-hybridized carbons (Fsp3) is 0.562. The number of hydrogen-bond acceptors (Lipinski definition) is 7. The second-order valence-electron chi connectivity index (χ2n) is 11.8. The van der Waals surface area contributed by atoms with E-state index in [-0.39, 0.29) is 24.5 Å². The van der Waals surface area contributed by atoms with Crippen LogP contribution in [0.25, 0.3) is 0 Å². The summed E-state index contributed by atoms with van der Waals surface area (Å²) in [6.45, 7) is 10.6. The third kappa shape index (κ3) is 11.1. The van der Waals surface area contributed by atoms with Crippen LogP contribution in [0.3, 0.4) is 0 Å². The predicted molar refractivity (Wildman–Crippen MR) is 168 cm³/mol. The van der Waals surface area contributed by atoms with Crippen molar-refractivity contribution in [1.29, 1.82) is 0 Å². The Morgan fingerprint density at radius 1 is 1.00 bits per heavy atom. The molecule has 0 saturated carbocycles. The average Bonchev–Trinajstić information content (AvgIpc) is 2.95. The highest BCUT2D eigenvalue weighted by atomic mass is 32.2. The van der Waals surface area contributed by atoms with Gasteiger partial charge in [-0.2, -0.15) is 0 Å². The SMILES string of the molecule is CCCN(CCC)S(=O)(=O)CCC(=O)N[C@@H](C(c1ccccc1)C(C)(C)C)[C@H](O)CC(OC(N)=O)c1cccc(OC)c1. The van der Waals surface area contributed by atoms with Gasteiger partial charge in [0.05, 0.1) is 25.0 Å². The minimum Gasteiger partial charge on any atom is -0.497 e. The van der Waals surface area contributed by atoms with Gasteiger partial charge in [0.1, 0.15) is 11.9 Å². The summed E-state index contributed by atoms with van der Waals surface area (Å²) in [5.74, 6) is -0.696. The minimum atomic E-state index is -3.65. The van der Waals surface area contributed by atoms with Crippen LogP contribution in [0.4, 0.5) is 4.79 Å². The maximum Gasteiger partial charge on any atom is 0.405 e. The zero-order valence-corrected chi connectivity index (χ0v) is 27.1. The number of aliphatic hydroxyl groups is 1. The number of sulfonamides is 1. The van der Waals surface area contributed by atoms with Gasteiger partial charge < -0.3 is 25.6 Å². The van der Waals surface area contributed by atoms with E-state index >= 15 is 0 Å². The molecule has 2 aromatic carbocycles. The van der Waals surface area contributed by atoms with Gasteiger partial charge in [0, 0.05) is 31.8 Å². The molecule has 0 aliphatic carbocycles. The zero-order chi connectivity index (χ0) is 32.2. The smallest absolute Gasteiger partial charge is 0.405 e. The number of methoxy groups -OCH3 is 1. The molecule has 0 bridgehead atoms. The molecule has 4 atom stereocenters. The number of benzene rings is 2. The fourth-order valence-corrected chi connectivity index (χ4v) is 7.03. The molecule has 0 radical (unpaired) electrons. The van der Waals surface area contributed by atoms with Crippen LogP contribution in [0, 0.1) is 5.41 Å². The summed E-state index contributed by atoms with van der Waals surface area (Å²) in [4.78, 5) is 25.3. The standard InChI is InChI=1S/C32H49N3O7S/c1-7-18-35(19-8-2)43(39,40)20-17-28(37)34-30(29(32(3,4)5)23-13-10-9-11-14-23)26(36)22-27(42-31(33)38)24-15-12-16-25(21-24)41-6/h9-16,21,26-27,29-30,36H,7-8,17-20,22H2,1-6H3,(H2,33,38)(H,34,37)/t26-,27?,29?,30-/m1/s1. The lowest BCUT2D eigenvalue weighted by molar-refractivity contribution is -0.123. The Bertz CT molecular complexity index is 1260. The van der Waals surface area contributed by atoms with Crippen LogP contribution in [0.5, 0.6) is 5.75 Å². The predicted octanol–water partition coefficient (Wildman–Crippen LogP) is 4.74. The number of primary amides is 1. The molecule has 2 unspecified atom stereocenters. The molecular weight excluding hydrogens is 570 g/mol. The first-order valence-electron chi connectivity index (χ1n) is 14.8. The highest BCUT2D eigenvalue weighted by molar-refractivity contribution is 7.89. The van der Waals surface area contributed by atoms with Crippen molar-refractivity contribution in [1.82, 2.24) is 9.62 Å². The first-order chi connectivity index (χ1) is 20.2. The lowest BCUT2D eigenvalue weighted by atomic mass is 9.70. The molecule has 0 spiro atoms. The molecule has 11 heteroatoms. The van der Waals surface area contributed by atoms with Crippen molar-refractivity contribution in [2.24, 2.45) is 11.1 Å². The number of nitrogens with one attached hydrogen (secondary N) is 1. The largest absolute Gasteiger partial charge is 0.497 e. The van der Waals surface area contributed by atoms with E-state index in [9.17, 15) is 23.1 Å². The Hall–Kier alpha value is -3.15. The van der Waals surface area contributed by atoms with Gasteiger partial charge in [0.15, 0.2) is 0 Å². The highest BCUT2D eigenvalue weighted by Crippen LogP contribution is 2.40. The molecule has 0 saturated heterocycles. The molecule has 43 heavy (non-hydrogen) atoms. The van der Waals surface area contributed by atoms with E-state index in [2.05, 4.69) is 5.32 Å². The van der Waals surface area contributed by atoms with Crippen molar-refractivity contribution in [2.75, 3.05) is 26.0 Å². The van der Waals surface area contributed by atoms with E-state index in [1.807, 2.05) is 65.0 Å². The van der Waals surface area contributed by atoms with Crippen LogP contribution < -0.4 is 15.8 Å². The fourth-order valence-electron chi connectivity index (χ4n) is 5.41. The quantitative estimate of drug-likeness (QED) is 0.232. The number of carbonyl (C=O) groups is 2. The average molecular weight is 620 g/mol. The topological polar surface area (TPSA) is 148 Å². The summed E-state index contributed by atoms with van der Waals surface area (Å²) in [6, 6.07) is 15.6. The lowest BCUT2D eigenvalue weighted by Crippen LogP contribution is -2.51. The third-order valence-corrected chi connectivity index (χ3v) is 9.17. The van der Waals surface area contributed by atoms with Gasteiger partial charge >= 0.3 is 6.09 Å². The van der Waals surface area contributed by atoms with Gasteiger partial charge in [-0.3, -0.25) is 4.79 Å². The molecule has 0 aliphatic heterocycles. The van der Waals surface area contributed by atoms with E-state index in [4.69, 9.17) is 15.2 Å². The molecule has 0 aliphatic rings. The number of ether oxygens (including phenoxy) is 2. The van der Waals surface area contributed by atoms with Gasteiger partial charge in [-0.25, -0.2) is 17.5 Å². The van der Waals surface area contributed by atoms with Crippen molar-refractivity contribution < 1.29 is 32.6 Å². The lowest BCUT2D eigenvalue weighted by Gasteiger charge is -2.41. The molecule has 240 valence electrons. The van der Waals surface area contributed by atoms with Gasteiger partial charge in [0.2, 0.25) is 15.9 Å². The van der Waals surface area contributed by atoms with Crippen molar-refractivity contribution >= 4 is 22.0 Å². The minimum absolute atomic E-state index is 0.0838. The Morgan fingerprint density at radius 3 is 2.14 bits per heavy atom. The second kappa shape index (κ2) is 16.6. The van der Waals surface area contributed by atoms with E-state index < -0.39 is 45.7 Å². The summed E-state index contributed by atoms with van der Waals surface area (Å²) < 4.78 is 38.2. The maximum absolute atomic E-state index is 13.4. The summed E-state index contributed by atoms with van der Waals surface area (Å²) in [5.41, 5.74) is 6.40. The highest BCUT2D eigenvalue weighted by Gasteiger charge is 2.40. The van der Waals surface area contributed by atoms with Crippen molar-refractivity contribution in [3.05, 3.63) is 65.7 Å². The number of nitrogens with zero attached hydrogens (tertiary/aromatic N) is 1. The molecular formula is C32H49N3O7S. The number of rotatable bonds is 17. The molecule has 2 aromatic rings. The van der Waals surface area contributed by atoms with Gasteiger partial charge in [-0.15, -0.1) is 0 Å². The van der Waals surface area contributed by atoms with Crippen molar-refractivity contribution in [2.45, 2.75) is 84.5 Å². The van der Waals surface area contributed by atoms with Crippen LogP contribution in [-0.2, 0) is 19.6 Å². The molecule has 0 fully saturated rings. The molecule has 2 rings (SSSR count). The van der Waals surface area contributed by atoms with Crippen LogP contribution in [-0.4, -0.2) is 67.9 Å². The number of nitrogens with two attached hydrogens (primary N) is 1. The van der Waals surface area contributed by atoms with Crippen LogP contribution >= 0.6 is 0 Å². The molecule has 2 amide bonds. The van der Waals surface area contributed by atoms with Gasteiger partial charge in [-0.05, 0) is 41.5 Å². The molecule has 0 heterocycles. The Morgan fingerprint density at radius 2 is 1.60 bits per heavy atom. The number of aliphatic hydroxyl groups excluding tert-OH is 1. The second-order valence-corrected chi connectivity index (χ2v) is 13.9. The zero-order valence-electron chi connectivity index (χ0n) is 26.3. The summed E-state index contributed by atoms with van der Waals surface area (Å²) in [5, 5.41) is 14.7. The van der Waals surface area contributed by atoms with E-state index in [0.717, 1.165) is 5.56 Å².